The molecule has 0 aliphatic carbocycles. The number of hydrogen-bond acceptors (Lipinski definition) is 2. The van der Waals surface area contributed by atoms with Crippen LogP contribution >= 0.6 is 0 Å². The Morgan fingerprint density at radius 2 is 0.889 bits per heavy atom. The van der Waals surface area contributed by atoms with E-state index in [9.17, 15) is 0 Å². The molecule has 0 atom stereocenters. The summed E-state index contributed by atoms with van der Waals surface area (Å²) in [6.45, 7) is 8.95. The molecule has 2 nitrogen and oxygen atoms in total. The molecule has 0 saturated carbocycles. The number of aryl methyl sites for hydroxylation is 3. The first kappa shape index (κ1) is 41.2. The summed E-state index contributed by atoms with van der Waals surface area (Å²) in [7, 11) is 0. The minimum absolute atomic E-state index is 1.10. The van der Waals surface area contributed by atoms with Crippen LogP contribution in [0.25, 0.3) is 50.5 Å². The van der Waals surface area contributed by atoms with Gasteiger partial charge in [-0.3, -0.25) is 0 Å². The lowest BCUT2D eigenvalue weighted by molar-refractivity contribution is 0.668. The molecule has 9 aromatic rings. The number of anilines is 6. The van der Waals surface area contributed by atoms with Gasteiger partial charge in [-0.05, 0) is 149 Å². The van der Waals surface area contributed by atoms with Crippen LogP contribution in [0.3, 0.4) is 0 Å². The van der Waals surface area contributed by atoms with E-state index in [2.05, 4.69) is 244 Å². The summed E-state index contributed by atoms with van der Waals surface area (Å²) in [5.74, 6) is 0. The van der Waals surface area contributed by atoms with E-state index in [0.29, 0.717) is 0 Å². The lowest BCUT2D eigenvalue weighted by Gasteiger charge is -2.32. The number of hydrogen-bond donors (Lipinski definition) is 0. The van der Waals surface area contributed by atoms with E-state index in [1.54, 1.807) is 0 Å². The highest BCUT2D eigenvalue weighted by Crippen LogP contribution is 2.45. The average Bonchev–Trinajstić information content (AvgIpc) is 3.32. The summed E-state index contributed by atoms with van der Waals surface area (Å²) in [4.78, 5) is 4.85. The fourth-order valence-electron chi connectivity index (χ4n) is 9.31. The van der Waals surface area contributed by atoms with Crippen molar-refractivity contribution in [1.82, 2.24) is 0 Å². The minimum Gasteiger partial charge on any atom is -0.310 e. The molecule has 9 aromatic carbocycles. The Hall–Kier alpha value is -7.16. The molecule has 0 fully saturated rings. The number of allylic oxidation sites excluding steroid dienone is 1. The van der Waals surface area contributed by atoms with Gasteiger partial charge in [0, 0.05) is 33.9 Å². The molecule has 63 heavy (non-hydrogen) atoms. The van der Waals surface area contributed by atoms with Gasteiger partial charge in [-0.25, -0.2) is 0 Å². The highest BCUT2D eigenvalue weighted by atomic mass is 15.2. The van der Waals surface area contributed by atoms with Gasteiger partial charge >= 0.3 is 0 Å². The van der Waals surface area contributed by atoms with Gasteiger partial charge in [0.1, 0.15) is 0 Å². The zero-order chi connectivity index (χ0) is 43.1. The fraction of sp³-hybridized carbons (Fsp3) is 0.148. The van der Waals surface area contributed by atoms with Gasteiger partial charge in [-0.1, -0.05) is 172 Å². The van der Waals surface area contributed by atoms with Crippen molar-refractivity contribution in [2.75, 3.05) is 9.80 Å². The molecule has 2 heteroatoms. The van der Waals surface area contributed by atoms with Gasteiger partial charge in [0.25, 0.3) is 0 Å². The fourth-order valence-corrected chi connectivity index (χ4v) is 9.31. The highest BCUT2D eigenvalue weighted by molar-refractivity contribution is 6.01. The highest BCUT2D eigenvalue weighted by Gasteiger charge is 2.22. The summed E-state index contributed by atoms with van der Waals surface area (Å²) in [5.41, 5.74) is 14.2. The molecule has 0 unspecified atom stereocenters. The van der Waals surface area contributed by atoms with Gasteiger partial charge in [0.15, 0.2) is 0 Å². The van der Waals surface area contributed by atoms with Crippen molar-refractivity contribution in [2.45, 2.75) is 59.8 Å². The third kappa shape index (κ3) is 8.68. The van der Waals surface area contributed by atoms with Crippen molar-refractivity contribution in [3.05, 3.63) is 221 Å². The topological polar surface area (TPSA) is 6.48 Å². The van der Waals surface area contributed by atoms with Gasteiger partial charge in [-0.15, -0.1) is 0 Å². The normalized spacial score (nSPS) is 11.7. The quantitative estimate of drug-likeness (QED) is 0.0797. The molecule has 0 radical (unpaired) electrons. The van der Waals surface area contributed by atoms with E-state index in [4.69, 9.17) is 0 Å². The summed E-state index contributed by atoms with van der Waals surface area (Å²) < 4.78 is 0. The van der Waals surface area contributed by atoms with Crippen LogP contribution in [0, 0.1) is 13.8 Å². The predicted molar refractivity (Wildman–Crippen MR) is 276 cm³/mol. The largest absolute Gasteiger partial charge is 0.310 e. The second-order valence-corrected chi connectivity index (χ2v) is 16.8. The van der Waals surface area contributed by atoms with Crippen LogP contribution < -0.4 is 9.80 Å². The number of fused-ring (bicyclic) bond motifs is 3. The monoisotopic (exact) mass is 816 g/mol. The second kappa shape index (κ2) is 18.8. The lowest BCUT2D eigenvalue weighted by atomic mass is 9.90. The molecule has 0 aliphatic rings. The maximum Gasteiger partial charge on any atom is 0.0541 e. The molecule has 0 aromatic heterocycles. The smallest absolute Gasteiger partial charge is 0.0541 e. The van der Waals surface area contributed by atoms with Crippen LogP contribution in [0.15, 0.2) is 188 Å². The summed E-state index contributed by atoms with van der Waals surface area (Å²) in [6.07, 6.45) is 15.3. The van der Waals surface area contributed by atoms with Crippen LogP contribution in [-0.4, -0.2) is 0 Å². The molecule has 0 amide bonds. The lowest BCUT2D eigenvalue weighted by Crippen LogP contribution is -2.15. The summed E-state index contributed by atoms with van der Waals surface area (Å²) in [6, 6.07) is 66.6. The van der Waals surface area contributed by atoms with Crippen LogP contribution in [0.1, 0.15) is 72.9 Å². The zero-order valence-corrected chi connectivity index (χ0v) is 37.1. The Kier molecular flexibility index (Phi) is 12.3. The third-order valence-corrected chi connectivity index (χ3v) is 12.5. The first-order chi connectivity index (χ1) is 31.0. The van der Waals surface area contributed by atoms with Crippen molar-refractivity contribution >= 4 is 84.7 Å². The number of para-hydroxylation sites is 2. The van der Waals surface area contributed by atoms with Gasteiger partial charge < -0.3 is 9.80 Å². The van der Waals surface area contributed by atoms with E-state index in [0.717, 1.165) is 51.7 Å². The minimum atomic E-state index is 1.10. The van der Waals surface area contributed by atoms with E-state index < -0.39 is 0 Å². The Balaban J connectivity index is 1.30. The van der Waals surface area contributed by atoms with Gasteiger partial charge in [-0.2, -0.15) is 0 Å². The first-order valence-corrected chi connectivity index (χ1v) is 22.7. The standard InChI is InChI=1S/C61H56N2/c1-5-7-8-11-23-48-32-33-49(61-45(4)31-30-44(3)60(48)61)34-35-53-43-58(62(54-26-12-9-13-27-54)56-38-36-46-21-16-18-24-50(46)40-56)52(20-6-2)42-59(53)63(55-28-14-10-15-29-55)57-39-37-47-22-17-19-25-51(47)41-57/h6,9-10,12-22,24-43H,5,7-8,11,23H2,1-4H3/b20-6+,35-34+. The second-order valence-electron chi connectivity index (χ2n) is 16.8. The van der Waals surface area contributed by atoms with Crippen molar-refractivity contribution in [1.29, 1.82) is 0 Å². The average molecular weight is 817 g/mol. The molecular weight excluding hydrogens is 761 g/mol. The van der Waals surface area contributed by atoms with Crippen LogP contribution in [-0.2, 0) is 6.42 Å². The SMILES string of the molecule is C/C=C/c1cc(N(c2ccccc2)c2ccc3ccccc3c2)c(/C=C/c2ccc(CCCCCC)c3c(C)ccc(C)c23)cc1N(c1ccccc1)c1ccc2ccccc2c1. The molecule has 0 bridgehead atoms. The van der Waals surface area contributed by atoms with Crippen molar-refractivity contribution in [3.63, 3.8) is 0 Å². The van der Waals surface area contributed by atoms with Crippen molar-refractivity contribution < 1.29 is 0 Å². The van der Waals surface area contributed by atoms with Crippen LogP contribution in [0.5, 0.6) is 0 Å². The van der Waals surface area contributed by atoms with Crippen molar-refractivity contribution in [3.8, 4) is 0 Å². The van der Waals surface area contributed by atoms with E-state index in [1.165, 1.54) is 80.3 Å². The zero-order valence-electron chi connectivity index (χ0n) is 37.1. The number of unbranched alkanes of at least 4 members (excludes halogenated alkanes) is 3. The van der Waals surface area contributed by atoms with E-state index >= 15 is 0 Å². The molecule has 0 N–H and O–H groups in total. The molecule has 0 saturated heterocycles. The molecule has 0 spiro atoms. The maximum atomic E-state index is 2.43. The molecule has 310 valence electrons. The first-order valence-electron chi connectivity index (χ1n) is 22.7. The van der Waals surface area contributed by atoms with Crippen molar-refractivity contribution in [2.24, 2.45) is 0 Å². The summed E-state index contributed by atoms with van der Waals surface area (Å²) in [5, 5.41) is 7.62. The van der Waals surface area contributed by atoms with Gasteiger partial charge in [0.2, 0.25) is 0 Å². The van der Waals surface area contributed by atoms with Gasteiger partial charge in [0.05, 0.1) is 11.4 Å². The third-order valence-electron chi connectivity index (χ3n) is 12.5. The molecule has 9 rings (SSSR count). The number of benzene rings is 9. The van der Waals surface area contributed by atoms with Crippen LogP contribution in [0.2, 0.25) is 0 Å². The summed E-state index contributed by atoms with van der Waals surface area (Å²) >= 11 is 0. The number of rotatable bonds is 14. The molecule has 0 heterocycles. The maximum absolute atomic E-state index is 2.43. The van der Waals surface area contributed by atoms with E-state index in [-0.39, 0.29) is 0 Å². The molecule has 0 aliphatic heterocycles. The Labute approximate surface area is 374 Å². The predicted octanol–water partition coefficient (Wildman–Crippen LogP) is 18.0. The van der Waals surface area contributed by atoms with E-state index in [1.807, 2.05) is 0 Å². The Morgan fingerprint density at radius 1 is 0.397 bits per heavy atom. The Morgan fingerprint density at radius 3 is 1.43 bits per heavy atom. The Bertz CT molecular complexity index is 3080. The van der Waals surface area contributed by atoms with Crippen LogP contribution in [0.4, 0.5) is 34.1 Å². The number of nitrogens with zero attached hydrogens (tertiary/aromatic N) is 2. The molecular formula is C61H56N2.